The topological polar surface area (TPSA) is 428 Å². The Morgan fingerprint density at radius 2 is 1.70 bits per heavy atom. The zero-order valence-corrected chi connectivity index (χ0v) is 44.3. The van der Waals surface area contributed by atoms with E-state index in [0.717, 1.165) is 11.4 Å². The fraction of sp³-hybridized carbons (Fsp3) is 0.646. The number of H-pyrrole nitrogens is 1. The monoisotopic (exact) mass is 1090 g/mol. The molecule has 1 aliphatic carbocycles. The third kappa shape index (κ3) is 15.7. The zero-order valence-electron chi connectivity index (χ0n) is 43.4. The zero-order chi connectivity index (χ0) is 56.3. The van der Waals surface area contributed by atoms with E-state index in [4.69, 9.17) is 16.2 Å². The number of ether oxygens (including phenoxy) is 1. The predicted octanol–water partition coefficient (Wildman–Crippen LogP) is -4.59. The minimum absolute atomic E-state index is 0.0629. The highest BCUT2D eigenvalue weighted by molar-refractivity contribution is 7.85. The lowest BCUT2D eigenvalue weighted by atomic mass is 9.95. The smallest absolute Gasteiger partial charge is 0.407 e. The Balaban J connectivity index is 1.48. The number of aliphatic hydroxyl groups is 3. The van der Waals surface area contributed by atoms with Crippen LogP contribution < -0.4 is 54.0 Å². The molecule has 76 heavy (non-hydrogen) atoms. The maximum absolute atomic E-state index is 14.8. The Kier molecular flexibility index (Phi) is 21.2. The molecule has 27 nitrogen and oxygen atoms in total. The second-order valence-electron chi connectivity index (χ2n) is 20.2. The first kappa shape index (κ1) is 60.6. The van der Waals surface area contributed by atoms with Crippen molar-refractivity contribution < 1.29 is 72.5 Å². The van der Waals surface area contributed by atoms with Crippen LogP contribution >= 0.6 is 0 Å². The predicted molar refractivity (Wildman–Crippen MR) is 272 cm³/mol. The summed E-state index contributed by atoms with van der Waals surface area (Å²) in [6, 6.07) is -4.11. The number of nitrogens with zero attached hydrogens (tertiary/aromatic N) is 1. The number of phenols is 1. The number of carbonyl (C=O) groups excluding carboxylic acids is 9. The van der Waals surface area contributed by atoms with Crippen LogP contribution in [-0.2, 0) is 60.3 Å². The van der Waals surface area contributed by atoms with Crippen molar-refractivity contribution in [1.29, 1.82) is 0 Å². The number of nitrogens with two attached hydrogens (primary N) is 2. The highest BCUT2D eigenvalue weighted by Gasteiger charge is 2.64. The maximum atomic E-state index is 14.8. The number of aromatic amines is 1. The molecule has 422 valence electrons. The molecule has 1 aromatic carbocycles. The summed E-state index contributed by atoms with van der Waals surface area (Å²) in [5.74, 6) is -9.47. The van der Waals surface area contributed by atoms with Gasteiger partial charge in [-0.3, -0.25) is 47.9 Å². The van der Waals surface area contributed by atoms with Gasteiger partial charge in [-0.25, -0.2) is 4.79 Å². The van der Waals surface area contributed by atoms with Gasteiger partial charge in [-0.1, -0.05) is 34.1 Å². The van der Waals surface area contributed by atoms with E-state index in [2.05, 4.69) is 47.5 Å². The number of hydrogen-bond donors (Lipinski definition) is 15. The van der Waals surface area contributed by atoms with E-state index in [1.165, 1.54) is 25.1 Å². The molecule has 2 fully saturated rings. The van der Waals surface area contributed by atoms with E-state index < -0.39 is 163 Å². The van der Waals surface area contributed by atoms with Crippen molar-refractivity contribution in [2.45, 2.75) is 138 Å². The minimum Gasteiger partial charge on any atom is -0.508 e. The Bertz CT molecular complexity index is 2510. The number of primary amides is 1. The van der Waals surface area contributed by atoms with Gasteiger partial charge in [0.15, 0.2) is 5.78 Å². The summed E-state index contributed by atoms with van der Waals surface area (Å²) in [5.41, 5.74) is 10.8. The van der Waals surface area contributed by atoms with Crippen molar-refractivity contribution in [2.24, 2.45) is 29.2 Å². The average Bonchev–Trinajstić information content (AvgIpc) is 3.66. The number of benzene rings is 1. The van der Waals surface area contributed by atoms with E-state index in [9.17, 15) is 67.8 Å². The van der Waals surface area contributed by atoms with Gasteiger partial charge in [0, 0.05) is 49.2 Å². The molecule has 1 saturated carbocycles. The number of rotatable bonds is 18. The van der Waals surface area contributed by atoms with Gasteiger partial charge < -0.3 is 83.7 Å². The van der Waals surface area contributed by atoms with Gasteiger partial charge in [-0.05, 0) is 56.5 Å². The Morgan fingerprint density at radius 3 is 2.34 bits per heavy atom. The van der Waals surface area contributed by atoms with Crippen molar-refractivity contribution in [3.63, 3.8) is 0 Å². The fourth-order valence-corrected chi connectivity index (χ4v) is 10.9. The summed E-state index contributed by atoms with van der Waals surface area (Å²) >= 11 is 0. The van der Waals surface area contributed by atoms with Crippen LogP contribution in [-0.4, -0.2) is 194 Å². The highest BCUT2D eigenvalue weighted by Crippen LogP contribution is 2.46. The van der Waals surface area contributed by atoms with Crippen molar-refractivity contribution in [1.82, 2.24) is 52.4 Å². The Morgan fingerprint density at radius 1 is 1.01 bits per heavy atom. The van der Waals surface area contributed by atoms with Gasteiger partial charge in [0.2, 0.25) is 41.4 Å². The van der Waals surface area contributed by atoms with Gasteiger partial charge >= 0.3 is 6.09 Å². The molecular formula is C48H74N12O15S. The van der Waals surface area contributed by atoms with E-state index in [0.29, 0.717) is 12.8 Å². The third-order valence-corrected chi connectivity index (χ3v) is 15.5. The summed E-state index contributed by atoms with van der Waals surface area (Å²) in [6.45, 7) is 7.18. The molecule has 8 amide bonds. The number of aromatic hydroxyl groups is 1. The number of phenolic OH excluding ortho intramolecular Hbond substituents is 1. The summed E-state index contributed by atoms with van der Waals surface area (Å²) < 4.78 is 20.0. The number of fused-ring (bicyclic) bond motifs is 3. The van der Waals surface area contributed by atoms with Crippen molar-refractivity contribution in [2.75, 3.05) is 45.6 Å². The summed E-state index contributed by atoms with van der Waals surface area (Å²) in [4.78, 5) is 125. The number of aliphatic hydroxyl groups excluding tert-OH is 3. The number of Topliss-reactive ketones (excluding diaryl/α,β-unsaturated/α-hetero) is 1. The van der Waals surface area contributed by atoms with E-state index in [-0.39, 0.29) is 64.4 Å². The summed E-state index contributed by atoms with van der Waals surface area (Å²) in [5, 5.41) is 64.1. The molecule has 1 saturated heterocycles. The molecule has 5 rings (SSSR count). The average molecular weight is 1090 g/mol. The van der Waals surface area contributed by atoms with Gasteiger partial charge in [0.1, 0.15) is 47.3 Å². The first-order valence-electron chi connectivity index (χ1n) is 25.2. The number of alkyl carbamates (subject to hydrolysis) is 1. The van der Waals surface area contributed by atoms with Crippen LogP contribution in [0.3, 0.4) is 0 Å². The van der Waals surface area contributed by atoms with E-state index in [1.54, 1.807) is 20.8 Å². The number of β-amino-alcohol motifs (C(OH)–C–C–N with tert-alkyl or cyclic N) is 1. The van der Waals surface area contributed by atoms with Crippen molar-refractivity contribution in [3.05, 3.63) is 23.8 Å². The number of hydrogen-bond acceptors (Lipinski definition) is 18. The lowest BCUT2D eigenvalue weighted by molar-refractivity contribution is -0.141. The number of carbonyl (C=O) groups is 9. The van der Waals surface area contributed by atoms with Gasteiger partial charge in [-0.15, -0.1) is 0 Å². The molecule has 14 atom stereocenters. The number of aromatic nitrogens is 1. The lowest BCUT2D eigenvalue weighted by Gasteiger charge is -2.30. The van der Waals surface area contributed by atoms with Crippen LogP contribution in [0.4, 0.5) is 4.79 Å². The van der Waals surface area contributed by atoms with E-state index >= 15 is 0 Å². The molecule has 0 bridgehead atoms. The van der Waals surface area contributed by atoms with E-state index in [1.807, 2.05) is 14.0 Å². The normalized spacial score (nSPS) is 26.4. The second kappa shape index (κ2) is 26.6. The third-order valence-electron chi connectivity index (χ3n) is 14.1. The number of amides is 8. The Hall–Kier alpha value is -6.30. The minimum atomic E-state index is -2.42. The maximum Gasteiger partial charge on any atom is 0.407 e. The lowest BCUT2D eigenvalue weighted by Crippen LogP contribution is -2.59. The first-order chi connectivity index (χ1) is 35.8. The molecule has 17 N–H and O–H groups in total. The Labute approximate surface area is 441 Å². The fourth-order valence-electron chi connectivity index (χ4n) is 9.49. The molecule has 1 aromatic heterocycles. The summed E-state index contributed by atoms with van der Waals surface area (Å²) in [7, 11) is -0.607. The SMILES string of the molecule is CC[C@H](C)[C@@H]1NC(=O)CNC(=O)[C@@H](NC(=O)[C@@H](N)[C@@H](C)[C@@H](O)COC(=O)NC(C)CC(C)CNC)Cc2c([nH]c3cc(O)ccc23)S(=O)C[C@@H](C(=O)N[C@@H](CC(N)=O)C(=O)N2C[C@H](O)CC23CC3=O)NC(=O)CNC1O. The first-order valence-corrected chi connectivity index (χ1v) is 26.5. The second-order valence-corrected chi connectivity index (χ2v) is 21.7. The van der Waals surface area contributed by atoms with Crippen LogP contribution in [0, 0.1) is 17.8 Å². The standard InChI is InChI=1S/C48H74N12O15S/c1-7-23(3)40-44(71)53-17-37(66)55-33(42(69)57-32(13-36(49)65)46(72)60-19-27(62)14-48(60)15-35(48)64)21-76(74)45-29(28-9-8-26(61)11-30(28)58-45)12-31(41(68)52-18-38(67)59-40)56-43(70)39(50)25(5)34(63)20-75-47(73)54-24(4)10-22(2)16-51-6/h8-9,11,22-25,27,31-34,39-40,44,51,53,58,61-63,71H,7,10,12-21,50H2,1-6H3,(H2,49,65)(H,52,68)(H,54,73)(H,55,66)(H,56,70)(H,57,69)(H,59,67)/t22?,23-,24?,25-,27+,31-,32-,33-,34-,39-,40-,44?,48?,76?/m0/s1. The molecule has 3 aliphatic rings. The molecule has 3 heterocycles. The van der Waals surface area contributed by atoms with Crippen LogP contribution in [0.2, 0.25) is 0 Å². The van der Waals surface area contributed by atoms with Crippen LogP contribution in [0.5, 0.6) is 5.75 Å². The van der Waals surface area contributed by atoms with Crippen LogP contribution in [0.15, 0.2) is 23.2 Å². The molecule has 1 spiro atoms. The summed E-state index contributed by atoms with van der Waals surface area (Å²) in [6.07, 6.45) is -5.36. The molecule has 2 aliphatic heterocycles. The largest absolute Gasteiger partial charge is 0.508 e. The van der Waals surface area contributed by atoms with Crippen molar-refractivity contribution in [3.8, 4) is 5.75 Å². The molecular weight excluding hydrogens is 1020 g/mol. The number of nitrogens with one attached hydrogen (secondary N) is 9. The van der Waals surface area contributed by atoms with Crippen molar-refractivity contribution >= 4 is 74.9 Å². The van der Waals surface area contributed by atoms with Crippen LogP contribution in [0.1, 0.15) is 72.3 Å². The van der Waals surface area contributed by atoms with Crippen LogP contribution in [0.25, 0.3) is 10.9 Å². The number of likely N-dealkylation sites (tertiary alicyclic amines) is 1. The van der Waals surface area contributed by atoms with Gasteiger partial charge in [0.05, 0.1) is 65.9 Å². The van der Waals surface area contributed by atoms with Gasteiger partial charge in [-0.2, -0.15) is 0 Å². The molecule has 28 heteroatoms. The number of ketones is 1. The van der Waals surface area contributed by atoms with Gasteiger partial charge in [0.25, 0.3) is 0 Å². The molecule has 2 aromatic rings. The quantitative estimate of drug-likeness (QED) is 0.0668. The molecule has 0 radical (unpaired) electrons. The highest BCUT2D eigenvalue weighted by atomic mass is 32.2. The molecule has 5 unspecified atom stereocenters.